The van der Waals surface area contributed by atoms with Gasteiger partial charge in [-0.3, -0.25) is 14.9 Å². The molecule has 0 aromatic heterocycles. The third kappa shape index (κ3) is 5.26. The van der Waals surface area contributed by atoms with E-state index in [0.717, 1.165) is 16.5 Å². The van der Waals surface area contributed by atoms with E-state index in [2.05, 4.69) is 10.1 Å². The van der Waals surface area contributed by atoms with Crippen LogP contribution in [-0.4, -0.2) is 39.3 Å². The van der Waals surface area contributed by atoms with E-state index in [9.17, 15) is 27.6 Å². The molecule has 1 N–H and O–H groups in total. The Balaban J connectivity index is 1.68. The maximum absolute atomic E-state index is 13.2. The number of hydrogen-bond acceptors (Lipinski definition) is 8. The van der Waals surface area contributed by atoms with Gasteiger partial charge in [-0.2, -0.15) is 8.42 Å². The molecule has 0 radical (unpaired) electrons. The Bertz CT molecular complexity index is 1540. The van der Waals surface area contributed by atoms with Crippen molar-refractivity contribution in [3.63, 3.8) is 0 Å². The molecule has 11 heteroatoms. The minimum absolute atomic E-state index is 0.0702. The number of benzene rings is 3. The molecule has 0 bridgehead atoms. The molecule has 1 aliphatic rings. The maximum atomic E-state index is 13.2. The number of nitrogens with one attached hydrogen (secondary N) is 1. The van der Waals surface area contributed by atoms with Gasteiger partial charge in [-0.05, 0) is 55.5 Å². The van der Waals surface area contributed by atoms with Crippen molar-refractivity contribution in [1.82, 2.24) is 5.32 Å². The molecule has 3 aromatic carbocycles. The highest BCUT2D eigenvalue weighted by Crippen LogP contribution is 2.28. The summed E-state index contributed by atoms with van der Waals surface area (Å²) in [5.41, 5.74) is 0.848. The second-order valence-electron chi connectivity index (χ2n) is 7.88. The van der Waals surface area contributed by atoms with Gasteiger partial charge in [0, 0.05) is 5.56 Å². The van der Waals surface area contributed by atoms with Crippen molar-refractivity contribution in [2.75, 3.05) is 12.0 Å². The van der Waals surface area contributed by atoms with Crippen molar-refractivity contribution in [3.05, 3.63) is 95.1 Å². The van der Waals surface area contributed by atoms with E-state index in [1.807, 2.05) is 6.92 Å². The third-order valence-electron chi connectivity index (χ3n) is 5.38. The molecule has 0 saturated carbocycles. The van der Waals surface area contributed by atoms with Crippen molar-refractivity contribution < 1.29 is 36.5 Å². The largest absolute Gasteiger partial charge is 0.465 e. The summed E-state index contributed by atoms with van der Waals surface area (Å²) in [6, 6.07) is 16.4. The van der Waals surface area contributed by atoms with Crippen LogP contribution in [-0.2, 0) is 24.4 Å². The van der Waals surface area contributed by atoms with Crippen LogP contribution in [0.1, 0.15) is 21.5 Å². The zero-order valence-corrected chi connectivity index (χ0v) is 20.4. The van der Waals surface area contributed by atoms with Crippen LogP contribution < -0.4 is 14.4 Å². The van der Waals surface area contributed by atoms with Gasteiger partial charge >= 0.3 is 22.1 Å². The predicted molar refractivity (Wildman–Crippen MR) is 132 cm³/mol. The molecule has 1 saturated heterocycles. The van der Waals surface area contributed by atoms with E-state index in [1.54, 1.807) is 18.2 Å². The number of aryl methyl sites for hydroxylation is 1. The average Bonchev–Trinajstić information content (AvgIpc) is 2.87. The average molecular weight is 521 g/mol. The molecular formula is C26H20N2O8S. The number of rotatable bonds is 6. The van der Waals surface area contributed by atoms with Crippen molar-refractivity contribution in [2.24, 2.45) is 0 Å². The van der Waals surface area contributed by atoms with Crippen LogP contribution >= 0.6 is 0 Å². The maximum Gasteiger partial charge on any atom is 0.339 e. The lowest BCUT2D eigenvalue weighted by molar-refractivity contribution is -0.122. The Labute approximate surface area is 212 Å². The summed E-state index contributed by atoms with van der Waals surface area (Å²) >= 11 is 0. The summed E-state index contributed by atoms with van der Waals surface area (Å²) < 4.78 is 35.5. The van der Waals surface area contributed by atoms with E-state index in [-0.39, 0.29) is 27.5 Å². The summed E-state index contributed by atoms with van der Waals surface area (Å²) in [6.07, 6.45) is 1.14. The van der Waals surface area contributed by atoms with E-state index in [4.69, 9.17) is 4.18 Å². The summed E-state index contributed by atoms with van der Waals surface area (Å²) in [7, 11) is -3.00. The van der Waals surface area contributed by atoms with E-state index in [1.165, 1.54) is 61.7 Å². The van der Waals surface area contributed by atoms with Gasteiger partial charge in [0.1, 0.15) is 16.2 Å². The highest BCUT2D eigenvalue weighted by Gasteiger charge is 2.37. The fraction of sp³-hybridized carbons (Fsp3) is 0.0769. The number of barbiturate groups is 1. The Hall–Kier alpha value is -4.77. The molecule has 10 nitrogen and oxygen atoms in total. The van der Waals surface area contributed by atoms with Gasteiger partial charge in [0.25, 0.3) is 11.8 Å². The fourth-order valence-electron chi connectivity index (χ4n) is 3.46. The molecule has 0 unspecified atom stereocenters. The van der Waals surface area contributed by atoms with Gasteiger partial charge < -0.3 is 8.92 Å². The molecule has 1 fully saturated rings. The summed E-state index contributed by atoms with van der Waals surface area (Å²) in [5.74, 6) is -2.64. The first-order valence-corrected chi connectivity index (χ1v) is 12.2. The first kappa shape index (κ1) is 25.3. The molecule has 4 rings (SSSR count). The van der Waals surface area contributed by atoms with Crippen LogP contribution in [0.3, 0.4) is 0 Å². The van der Waals surface area contributed by atoms with Crippen LogP contribution in [0.15, 0.2) is 83.3 Å². The number of imide groups is 2. The molecule has 0 aliphatic carbocycles. The number of amides is 4. The van der Waals surface area contributed by atoms with Crippen LogP contribution in [0.25, 0.3) is 6.08 Å². The zero-order valence-electron chi connectivity index (χ0n) is 19.6. The van der Waals surface area contributed by atoms with Gasteiger partial charge in [0.05, 0.1) is 18.4 Å². The number of carbonyl (C=O) groups excluding carboxylic acids is 4. The highest BCUT2D eigenvalue weighted by atomic mass is 32.2. The molecule has 37 heavy (non-hydrogen) atoms. The summed E-state index contributed by atoms with van der Waals surface area (Å²) in [4.78, 5) is 50.6. The first-order valence-electron chi connectivity index (χ1n) is 10.8. The van der Waals surface area contributed by atoms with Crippen LogP contribution in [0.2, 0.25) is 0 Å². The summed E-state index contributed by atoms with van der Waals surface area (Å²) in [5, 5.41) is 2.08. The molecule has 0 atom stereocenters. The Morgan fingerprint density at radius 2 is 1.57 bits per heavy atom. The monoisotopic (exact) mass is 520 g/mol. The smallest absolute Gasteiger partial charge is 0.339 e. The Morgan fingerprint density at radius 1 is 0.919 bits per heavy atom. The van der Waals surface area contributed by atoms with Gasteiger partial charge in [0.2, 0.25) is 0 Å². The van der Waals surface area contributed by atoms with Crippen LogP contribution in [0.4, 0.5) is 10.5 Å². The molecular weight excluding hydrogens is 500 g/mol. The molecule has 0 spiro atoms. The van der Waals surface area contributed by atoms with Gasteiger partial charge in [-0.15, -0.1) is 0 Å². The Morgan fingerprint density at radius 3 is 2.22 bits per heavy atom. The number of para-hydroxylation sites is 1. The van der Waals surface area contributed by atoms with Gasteiger partial charge in [-0.1, -0.05) is 35.9 Å². The summed E-state index contributed by atoms with van der Waals surface area (Å²) in [6.45, 7) is 1.81. The van der Waals surface area contributed by atoms with Crippen molar-refractivity contribution in [1.29, 1.82) is 0 Å². The predicted octanol–water partition coefficient (Wildman–Crippen LogP) is 3.22. The second-order valence-corrected chi connectivity index (χ2v) is 9.43. The quantitative estimate of drug-likeness (QED) is 0.226. The highest BCUT2D eigenvalue weighted by molar-refractivity contribution is 7.87. The van der Waals surface area contributed by atoms with E-state index < -0.39 is 39.5 Å². The van der Waals surface area contributed by atoms with Crippen molar-refractivity contribution >= 4 is 45.7 Å². The van der Waals surface area contributed by atoms with Crippen LogP contribution in [0.5, 0.6) is 5.75 Å². The van der Waals surface area contributed by atoms with E-state index in [0.29, 0.717) is 0 Å². The minimum Gasteiger partial charge on any atom is -0.465 e. The van der Waals surface area contributed by atoms with Crippen molar-refractivity contribution in [3.8, 4) is 5.75 Å². The van der Waals surface area contributed by atoms with Gasteiger partial charge in [-0.25, -0.2) is 14.5 Å². The zero-order chi connectivity index (χ0) is 26.7. The number of methoxy groups -OCH3 is 1. The number of nitrogens with zero attached hydrogens (tertiary/aromatic N) is 1. The number of urea groups is 1. The lowest BCUT2D eigenvalue weighted by atomic mass is 10.1. The minimum atomic E-state index is -4.21. The SMILES string of the molecule is COC(=O)c1ccc(N2C(=O)NC(=O)/C(=C\c3ccccc3OS(=O)(=O)c3ccc(C)cc3)C2=O)cc1. The standard InChI is InChI=1S/C26H20N2O8S/c1-16-7-13-20(14-8-16)37(33,34)36-22-6-4-3-5-18(22)15-21-23(29)27-26(32)28(24(21)30)19-11-9-17(10-12-19)25(31)35-2/h3-15H,1-2H3,(H,27,29,32)/b21-15+. The third-order valence-corrected chi connectivity index (χ3v) is 6.62. The van der Waals surface area contributed by atoms with Gasteiger partial charge in [0.15, 0.2) is 0 Å². The van der Waals surface area contributed by atoms with Crippen molar-refractivity contribution in [2.45, 2.75) is 11.8 Å². The number of carbonyl (C=O) groups is 4. The lowest BCUT2D eigenvalue weighted by Crippen LogP contribution is -2.54. The molecule has 4 amide bonds. The number of anilines is 1. The van der Waals surface area contributed by atoms with E-state index >= 15 is 0 Å². The lowest BCUT2D eigenvalue weighted by Gasteiger charge is -2.26. The number of hydrogen-bond donors (Lipinski definition) is 1. The normalized spacial score (nSPS) is 14.9. The Kier molecular flexibility index (Phi) is 6.89. The topological polar surface area (TPSA) is 136 Å². The number of esters is 1. The molecule has 1 aliphatic heterocycles. The fourth-order valence-corrected chi connectivity index (χ4v) is 4.41. The van der Waals surface area contributed by atoms with Crippen LogP contribution in [0, 0.1) is 6.92 Å². The molecule has 188 valence electrons. The second kappa shape index (κ2) is 10.1. The number of ether oxygens (including phenoxy) is 1. The first-order chi connectivity index (χ1) is 17.6. The molecule has 1 heterocycles. The molecule has 3 aromatic rings.